The minimum Gasteiger partial charge on any atom is -0.411 e. The van der Waals surface area contributed by atoms with Crippen molar-refractivity contribution in [2.75, 3.05) is 0 Å². The number of rotatable bonds is 4. The second-order valence-corrected chi connectivity index (χ2v) is 5.71. The molecule has 0 aliphatic heterocycles. The van der Waals surface area contributed by atoms with E-state index in [4.69, 9.17) is 4.42 Å². The second-order valence-electron chi connectivity index (χ2n) is 3.94. The molecule has 0 N–H and O–H groups in total. The number of nitro groups is 1. The monoisotopic (exact) mass is 379 g/mol. The maximum absolute atomic E-state index is 10.5. The van der Waals surface area contributed by atoms with E-state index in [1.165, 1.54) is 0 Å². The van der Waals surface area contributed by atoms with Crippen LogP contribution in [-0.4, -0.2) is 25.1 Å². The van der Waals surface area contributed by atoms with E-state index < -0.39 is 4.92 Å². The molecule has 22 heavy (non-hydrogen) atoms. The molecule has 0 fully saturated rings. The van der Waals surface area contributed by atoms with Crippen LogP contribution in [0.2, 0.25) is 0 Å². The number of hydrogen-bond acceptors (Lipinski definition) is 8. The van der Waals surface area contributed by atoms with Crippen LogP contribution >= 0.6 is 27.7 Å². The Morgan fingerprint density at radius 3 is 2.59 bits per heavy atom. The fraction of sp³-hybridized carbons (Fsp3) is 0. The normalized spacial score (nSPS) is 10.6. The van der Waals surface area contributed by atoms with E-state index in [0.717, 1.165) is 34.2 Å². The summed E-state index contributed by atoms with van der Waals surface area (Å²) in [6, 6.07) is 7.45. The average Bonchev–Trinajstić information content (AvgIpc) is 2.96. The van der Waals surface area contributed by atoms with Gasteiger partial charge in [-0.15, -0.1) is 10.2 Å². The van der Waals surface area contributed by atoms with Gasteiger partial charge in [-0.2, -0.15) is 0 Å². The smallest absolute Gasteiger partial charge is 0.305 e. The highest BCUT2D eigenvalue weighted by Crippen LogP contribution is 2.30. The van der Waals surface area contributed by atoms with Crippen molar-refractivity contribution in [1.29, 1.82) is 0 Å². The molecule has 0 atom stereocenters. The summed E-state index contributed by atoms with van der Waals surface area (Å²) in [5.74, 6) is 0.358. The topological polar surface area (TPSA) is 108 Å². The molecule has 0 saturated heterocycles. The van der Waals surface area contributed by atoms with Gasteiger partial charge in [-0.3, -0.25) is 10.1 Å². The third kappa shape index (κ3) is 3.12. The van der Waals surface area contributed by atoms with Gasteiger partial charge in [0, 0.05) is 16.2 Å². The fourth-order valence-electron chi connectivity index (χ4n) is 1.53. The molecule has 2 aromatic heterocycles. The first-order valence-electron chi connectivity index (χ1n) is 5.86. The second kappa shape index (κ2) is 6.20. The molecule has 0 amide bonds. The molecule has 0 radical (unpaired) electrons. The largest absolute Gasteiger partial charge is 0.411 e. The Kier molecular flexibility index (Phi) is 4.11. The number of nitrogens with zero attached hydrogens (tertiary/aromatic N) is 5. The molecule has 0 aliphatic carbocycles. The summed E-state index contributed by atoms with van der Waals surface area (Å²) in [5.41, 5.74) is 0.593. The van der Waals surface area contributed by atoms with Crippen molar-refractivity contribution >= 4 is 33.4 Å². The average molecular weight is 380 g/mol. The molecule has 0 spiro atoms. The summed E-state index contributed by atoms with van der Waals surface area (Å²) >= 11 is 4.44. The first-order chi connectivity index (χ1) is 10.6. The van der Waals surface area contributed by atoms with Gasteiger partial charge in [-0.1, -0.05) is 12.1 Å². The van der Waals surface area contributed by atoms with Crippen LogP contribution < -0.4 is 0 Å². The summed E-state index contributed by atoms with van der Waals surface area (Å²) in [4.78, 5) is 17.7. The van der Waals surface area contributed by atoms with E-state index in [1.54, 1.807) is 0 Å². The van der Waals surface area contributed by atoms with Crippen LogP contribution in [0.1, 0.15) is 0 Å². The van der Waals surface area contributed by atoms with E-state index in [9.17, 15) is 10.1 Å². The molecule has 0 aliphatic rings. The molecule has 10 heteroatoms. The zero-order valence-corrected chi connectivity index (χ0v) is 13.1. The Bertz CT molecular complexity index is 824. The summed E-state index contributed by atoms with van der Waals surface area (Å²) in [5, 5.41) is 18.9. The zero-order chi connectivity index (χ0) is 15.5. The molecule has 0 saturated carbocycles. The Balaban J connectivity index is 1.80. The van der Waals surface area contributed by atoms with Crippen LogP contribution in [0.15, 0.2) is 55.9 Å². The van der Waals surface area contributed by atoms with Gasteiger partial charge in [-0.05, 0) is 28.1 Å². The molecule has 8 nitrogen and oxygen atoms in total. The number of halogens is 1. The number of aromatic nitrogens is 4. The summed E-state index contributed by atoms with van der Waals surface area (Å²) in [7, 11) is 0. The molecule has 110 valence electrons. The van der Waals surface area contributed by atoms with Gasteiger partial charge in [0.15, 0.2) is 5.16 Å². The Morgan fingerprint density at radius 2 is 1.91 bits per heavy atom. The van der Waals surface area contributed by atoms with Gasteiger partial charge in [0.2, 0.25) is 5.89 Å². The highest BCUT2D eigenvalue weighted by molar-refractivity contribution is 9.10. The minimum atomic E-state index is -0.563. The van der Waals surface area contributed by atoms with Gasteiger partial charge in [0.1, 0.15) is 12.4 Å². The quantitative estimate of drug-likeness (QED) is 0.385. The van der Waals surface area contributed by atoms with Gasteiger partial charge in [0.25, 0.3) is 5.22 Å². The Labute approximate surface area is 136 Å². The predicted octanol–water partition coefficient (Wildman–Crippen LogP) is 3.35. The van der Waals surface area contributed by atoms with Gasteiger partial charge in [-0.25, -0.2) is 9.97 Å². The molecular formula is C12H6BrN5O3S. The van der Waals surface area contributed by atoms with E-state index >= 15 is 0 Å². The van der Waals surface area contributed by atoms with E-state index in [-0.39, 0.29) is 16.1 Å². The highest BCUT2D eigenvalue weighted by atomic mass is 79.9. The standard InChI is InChI=1S/C12H6BrN5O3S/c13-9-4-2-1-3-8(9)10-16-17-12(21-10)22-11-14-5-7(6-15-11)18(19)20/h1-6H. The lowest BCUT2D eigenvalue weighted by atomic mass is 10.2. The van der Waals surface area contributed by atoms with Gasteiger partial charge in [0.05, 0.1) is 10.5 Å². The molecular weight excluding hydrogens is 374 g/mol. The molecule has 0 unspecified atom stereocenters. The SMILES string of the molecule is O=[N+]([O-])c1cnc(Sc2nnc(-c3ccccc3Br)o2)nc1. The third-order valence-corrected chi connectivity index (χ3v) is 3.94. The van der Waals surface area contributed by atoms with Crippen LogP contribution in [-0.2, 0) is 0 Å². The minimum absolute atomic E-state index is 0.177. The van der Waals surface area contributed by atoms with Crippen LogP contribution in [0.3, 0.4) is 0 Å². The van der Waals surface area contributed by atoms with Gasteiger partial charge < -0.3 is 4.42 Å². The van der Waals surface area contributed by atoms with Crippen LogP contribution in [0.5, 0.6) is 0 Å². The lowest BCUT2D eigenvalue weighted by Crippen LogP contribution is -1.92. The van der Waals surface area contributed by atoms with Crippen molar-refractivity contribution in [1.82, 2.24) is 20.2 Å². The number of benzene rings is 1. The van der Waals surface area contributed by atoms with Crippen molar-refractivity contribution in [3.05, 3.63) is 51.2 Å². The van der Waals surface area contributed by atoms with Crippen molar-refractivity contribution in [2.24, 2.45) is 0 Å². The van der Waals surface area contributed by atoms with Crippen molar-refractivity contribution in [3.8, 4) is 11.5 Å². The lowest BCUT2D eigenvalue weighted by Gasteiger charge is -1.97. The Hall–Kier alpha value is -2.33. The first-order valence-corrected chi connectivity index (χ1v) is 7.47. The van der Waals surface area contributed by atoms with Crippen LogP contribution in [0.25, 0.3) is 11.5 Å². The molecule has 0 bridgehead atoms. The van der Waals surface area contributed by atoms with Crippen molar-refractivity contribution in [2.45, 2.75) is 10.4 Å². The first kappa shape index (κ1) is 14.6. The maximum atomic E-state index is 10.5. The predicted molar refractivity (Wildman–Crippen MR) is 80.2 cm³/mol. The zero-order valence-electron chi connectivity index (χ0n) is 10.7. The maximum Gasteiger partial charge on any atom is 0.305 e. The molecule has 1 aromatic carbocycles. The summed E-state index contributed by atoms with van der Waals surface area (Å²) in [6.07, 6.45) is 2.25. The fourth-order valence-corrected chi connectivity index (χ4v) is 2.55. The molecule has 3 aromatic rings. The molecule has 2 heterocycles. The van der Waals surface area contributed by atoms with Crippen molar-refractivity contribution < 1.29 is 9.34 Å². The summed E-state index contributed by atoms with van der Waals surface area (Å²) in [6.45, 7) is 0. The van der Waals surface area contributed by atoms with E-state index in [0.29, 0.717) is 5.89 Å². The lowest BCUT2D eigenvalue weighted by molar-refractivity contribution is -0.385. The van der Waals surface area contributed by atoms with Gasteiger partial charge >= 0.3 is 5.69 Å². The van der Waals surface area contributed by atoms with Crippen LogP contribution in [0, 0.1) is 10.1 Å². The van der Waals surface area contributed by atoms with E-state index in [2.05, 4.69) is 36.1 Å². The Morgan fingerprint density at radius 1 is 1.18 bits per heavy atom. The summed E-state index contributed by atoms with van der Waals surface area (Å²) < 4.78 is 6.36. The van der Waals surface area contributed by atoms with E-state index in [1.807, 2.05) is 24.3 Å². The third-order valence-electron chi connectivity index (χ3n) is 2.51. The van der Waals surface area contributed by atoms with Crippen LogP contribution in [0.4, 0.5) is 5.69 Å². The number of hydrogen-bond donors (Lipinski definition) is 0. The molecule has 3 rings (SSSR count). The highest BCUT2D eigenvalue weighted by Gasteiger charge is 2.14. The van der Waals surface area contributed by atoms with Crippen molar-refractivity contribution in [3.63, 3.8) is 0 Å².